The summed E-state index contributed by atoms with van der Waals surface area (Å²) in [6.07, 6.45) is 6.37. The van der Waals surface area contributed by atoms with Crippen LogP contribution in [-0.4, -0.2) is 52.6 Å². The van der Waals surface area contributed by atoms with Crippen molar-refractivity contribution >= 4 is 40.2 Å². The highest BCUT2D eigenvalue weighted by Gasteiger charge is 2.21. The lowest BCUT2D eigenvalue weighted by Gasteiger charge is -2.26. The molecule has 0 spiro atoms. The molecular weight excluding hydrogens is 482 g/mol. The van der Waals surface area contributed by atoms with Gasteiger partial charge in [-0.1, -0.05) is 6.07 Å². The van der Waals surface area contributed by atoms with Crippen molar-refractivity contribution in [1.82, 2.24) is 29.5 Å². The molecular formula is C27H29N9O2. The molecule has 38 heavy (non-hydrogen) atoms. The lowest BCUT2D eigenvalue weighted by molar-refractivity contribution is -0.111. The van der Waals surface area contributed by atoms with Crippen LogP contribution >= 0.6 is 0 Å². The summed E-state index contributed by atoms with van der Waals surface area (Å²) in [7, 11) is 0. The van der Waals surface area contributed by atoms with Crippen LogP contribution in [0.4, 0.5) is 23.1 Å². The minimum atomic E-state index is -0.470. The Morgan fingerprint density at radius 3 is 2.71 bits per heavy atom. The first kappa shape index (κ1) is 25.1. The first-order valence-electron chi connectivity index (χ1n) is 12.6. The number of rotatable bonds is 6. The lowest BCUT2D eigenvalue weighted by atomic mass is 9.93. The topological polar surface area (TPSA) is 143 Å². The Labute approximate surface area is 220 Å². The SMILES string of the molecule is CCn1cnc2c(Nc3cccc(NC(=O)C#Cc4nccc(C)n4)c3)nc(NC3CCC(O)CC3)nc21. The van der Waals surface area contributed by atoms with Gasteiger partial charge in [-0.25, -0.2) is 15.0 Å². The number of fused-ring (bicyclic) bond motifs is 1. The van der Waals surface area contributed by atoms with Crippen molar-refractivity contribution in [2.24, 2.45) is 0 Å². The highest BCUT2D eigenvalue weighted by Crippen LogP contribution is 2.27. The van der Waals surface area contributed by atoms with Crippen molar-refractivity contribution < 1.29 is 9.90 Å². The summed E-state index contributed by atoms with van der Waals surface area (Å²) in [4.78, 5) is 34.6. The van der Waals surface area contributed by atoms with E-state index in [1.165, 1.54) is 0 Å². The minimum Gasteiger partial charge on any atom is -0.393 e. The van der Waals surface area contributed by atoms with Gasteiger partial charge in [0.25, 0.3) is 0 Å². The van der Waals surface area contributed by atoms with Crippen molar-refractivity contribution in [3.63, 3.8) is 0 Å². The molecule has 11 heteroatoms. The van der Waals surface area contributed by atoms with Crippen LogP contribution in [0.15, 0.2) is 42.9 Å². The van der Waals surface area contributed by atoms with Crippen LogP contribution in [0.25, 0.3) is 11.2 Å². The molecule has 1 fully saturated rings. The van der Waals surface area contributed by atoms with Crippen molar-refractivity contribution in [1.29, 1.82) is 0 Å². The van der Waals surface area contributed by atoms with Gasteiger partial charge in [0.2, 0.25) is 11.8 Å². The van der Waals surface area contributed by atoms with Crippen LogP contribution < -0.4 is 16.0 Å². The van der Waals surface area contributed by atoms with Gasteiger partial charge in [-0.2, -0.15) is 9.97 Å². The summed E-state index contributed by atoms with van der Waals surface area (Å²) in [5, 5.41) is 19.4. The molecule has 0 unspecified atom stereocenters. The summed E-state index contributed by atoms with van der Waals surface area (Å²) in [6, 6.07) is 9.24. The molecule has 11 nitrogen and oxygen atoms in total. The van der Waals surface area contributed by atoms with Crippen molar-refractivity contribution in [3.8, 4) is 11.8 Å². The predicted octanol–water partition coefficient (Wildman–Crippen LogP) is 3.39. The van der Waals surface area contributed by atoms with E-state index in [9.17, 15) is 9.90 Å². The monoisotopic (exact) mass is 511 g/mol. The Hall–Kier alpha value is -4.56. The number of carbonyl (C=O) groups excluding carboxylic acids is 1. The van der Waals surface area contributed by atoms with E-state index >= 15 is 0 Å². The van der Waals surface area contributed by atoms with Gasteiger partial charge < -0.3 is 25.6 Å². The van der Waals surface area contributed by atoms with Crippen molar-refractivity contribution in [3.05, 3.63) is 54.4 Å². The number of aromatic nitrogens is 6. The third-order valence-electron chi connectivity index (χ3n) is 6.30. The molecule has 0 saturated heterocycles. The fraction of sp³-hybridized carbons (Fsp3) is 0.333. The number of nitrogens with one attached hydrogen (secondary N) is 3. The molecule has 194 valence electrons. The summed E-state index contributed by atoms with van der Waals surface area (Å²) in [5.41, 5.74) is 3.44. The number of aliphatic hydroxyl groups excluding tert-OH is 1. The minimum absolute atomic E-state index is 0.201. The largest absolute Gasteiger partial charge is 0.393 e. The van der Waals surface area contributed by atoms with Gasteiger partial charge in [-0.3, -0.25) is 4.79 Å². The van der Waals surface area contributed by atoms with E-state index in [2.05, 4.69) is 42.7 Å². The van der Waals surface area contributed by atoms with E-state index in [0.29, 0.717) is 28.8 Å². The predicted molar refractivity (Wildman–Crippen MR) is 145 cm³/mol. The molecule has 1 aliphatic rings. The number of benzene rings is 1. The third-order valence-corrected chi connectivity index (χ3v) is 6.30. The molecule has 1 saturated carbocycles. The number of nitrogens with zero attached hydrogens (tertiary/aromatic N) is 6. The number of hydrogen-bond acceptors (Lipinski definition) is 9. The summed E-state index contributed by atoms with van der Waals surface area (Å²) >= 11 is 0. The number of imidazole rings is 1. The number of anilines is 4. The molecule has 0 atom stereocenters. The standard InChI is InChI=1S/C27H29N9O2/c1-3-36-16-29-24-25(34-27(35-26(24)36)33-18-7-9-21(37)10-8-18)32-20-6-4-5-19(15-20)31-23(38)12-11-22-28-14-13-17(2)30-22/h4-6,13-16,18,21,37H,3,7-10H2,1-2H3,(H,31,38)(H2,32,33,34,35). The molecule has 0 aliphatic heterocycles. The first-order valence-corrected chi connectivity index (χ1v) is 12.6. The smallest absolute Gasteiger partial charge is 0.300 e. The average Bonchev–Trinajstić information content (AvgIpc) is 3.32. The molecule has 5 rings (SSSR count). The van der Waals surface area contributed by atoms with Gasteiger partial charge in [0.1, 0.15) is 0 Å². The lowest BCUT2D eigenvalue weighted by Crippen LogP contribution is -2.29. The van der Waals surface area contributed by atoms with Crippen LogP contribution in [0.1, 0.15) is 44.1 Å². The molecule has 3 aromatic heterocycles. The molecule has 0 radical (unpaired) electrons. The molecule has 0 bridgehead atoms. The number of hydrogen-bond donors (Lipinski definition) is 4. The Morgan fingerprint density at radius 2 is 1.92 bits per heavy atom. The number of aryl methyl sites for hydroxylation is 2. The summed E-state index contributed by atoms with van der Waals surface area (Å²) < 4.78 is 1.96. The number of amides is 1. The maximum absolute atomic E-state index is 12.4. The molecule has 1 aliphatic carbocycles. The zero-order valence-corrected chi connectivity index (χ0v) is 21.3. The van der Waals surface area contributed by atoms with Gasteiger partial charge >= 0.3 is 5.91 Å². The second-order valence-electron chi connectivity index (χ2n) is 9.18. The molecule has 4 aromatic rings. The van der Waals surface area contributed by atoms with E-state index < -0.39 is 5.91 Å². The maximum Gasteiger partial charge on any atom is 0.300 e. The van der Waals surface area contributed by atoms with E-state index in [1.54, 1.807) is 30.7 Å². The highest BCUT2D eigenvalue weighted by molar-refractivity contribution is 6.04. The Kier molecular flexibility index (Phi) is 7.42. The van der Waals surface area contributed by atoms with Crippen molar-refractivity contribution in [2.75, 3.05) is 16.0 Å². The second kappa shape index (κ2) is 11.2. The number of aliphatic hydroxyl groups is 1. The average molecular weight is 512 g/mol. The van der Waals surface area contributed by atoms with Crippen LogP contribution in [0.5, 0.6) is 0 Å². The number of carbonyl (C=O) groups is 1. The van der Waals surface area contributed by atoms with Gasteiger partial charge in [-0.15, -0.1) is 0 Å². The van der Waals surface area contributed by atoms with Crippen LogP contribution in [-0.2, 0) is 11.3 Å². The molecule has 1 amide bonds. The van der Waals surface area contributed by atoms with Gasteiger partial charge in [0, 0.05) is 41.8 Å². The summed E-state index contributed by atoms with van der Waals surface area (Å²) in [5.74, 6) is 6.10. The second-order valence-corrected chi connectivity index (χ2v) is 9.18. The van der Waals surface area contributed by atoms with Crippen LogP contribution in [0.2, 0.25) is 0 Å². The third kappa shape index (κ3) is 6.04. The molecule has 3 heterocycles. The fourth-order valence-electron chi connectivity index (χ4n) is 4.33. The Bertz CT molecular complexity index is 1510. The van der Waals surface area contributed by atoms with E-state index in [0.717, 1.165) is 49.3 Å². The van der Waals surface area contributed by atoms with Gasteiger partial charge in [-0.05, 0) is 69.7 Å². The maximum atomic E-state index is 12.4. The first-order chi connectivity index (χ1) is 18.5. The quantitative estimate of drug-likeness (QED) is 0.286. The van der Waals surface area contributed by atoms with Gasteiger partial charge in [0.15, 0.2) is 17.0 Å². The Morgan fingerprint density at radius 1 is 1.11 bits per heavy atom. The zero-order chi connectivity index (χ0) is 26.5. The van der Waals surface area contributed by atoms with Crippen LogP contribution in [0.3, 0.4) is 0 Å². The summed E-state index contributed by atoms with van der Waals surface area (Å²) in [6.45, 7) is 4.59. The van der Waals surface area contributed by atoms with E-state index in [1.807, 2.05) is 30.5 Å². The Balaban J connectivity index is 1.35. The normalized spacial score (nSPS) is 16.9. The highest BCUT2D eigenvalue weighted by atomic mass is 16.3. The van der Waals surface area contributed by atoms with Gasteiger partial charge in [0.05, 0.1) is 12.4 Å². The van der Waals surface area contributed by atoms with E-state index in [-0.39, 0.29) is 12.1 Å². The van der Waals surface area contributed by atoms with Crippen molar-refractivity contribution in [2.45, 2.75) is 58.2 Å². The molecule has 4 N–H and O–H groups in total. The fourth-order valence-corrected chi connectivity index (χ4v) is 4.33. The zero-order valence-electron chi connectivity index (χ0n) is 21.3. The van der Waals surface area contributed by atoms with E-state index in [4.69, 9.17) is 9.97 Å². The molecule has 1 aromatic carbocycles. The van der Waals surface area contributed by atoms with Crippen LogP contribution in [0, 0.1) is 18.8 Å².